The van der Waals surface area contributed by atoms with Crippen molar-refractivity contribution in [2.75, 3.05) is 0 Å². The van der Waals surface area contributed by atoms with E-state index >= 15 is 0 Å². The Hall–Kier alpha value is -1.61. The van der Waals surface area contributed by atoms with Gasteiger partial charge in [-0.3, -0.25) is 4.68 Å². The molecule has 0 saturated carbocycles. The summed E-state index contributed by atoms with van der Waals surface area (Å²) in [6.45, 7) is 6.28. The van der Waals surface area contributed by atoms with Crippen molar-refractivity contribution >= 4 is 0 Å². The van der Waals surface area contributed by atoms with Crippen LogP contribution in [0.2, 0.25) is 0 Å². The quantitative estimate of drug-likeness (QED) is 0.915. The van der Waals surface area contributed by atoms with Gasteiger partial charge in [-0.2, -0.15) is 5.10 Å². The predicted molar refractivity (Wildman–Crippen MR) is 79.1 cm³/mol. The Kier molecular flexibility index (Phi) is 4.05. The number of benzene rings is 1. The van der Waals surface area contributed by atoms with Gasteiger partial charge in [0.15, 0.2) is 0 Å². The first kappa shape index (κ1) is 13.8. The molecule has 1 unspecified atom stereocenters. The maximum atomic E-state index is 6.27. The van der Waals surface area contributed by atoms with Gasteiger partial charge < -0.3 is 5.73 Å². The number of hydrogen-bond acceptors (Lipinski definition) is 2. The second-order valence-electron chi connectivity index (χ2n) is 5.33. The van der Waals surface area contributed by atoms with E-state index in [1.807, 2.05) is 11.7 Å². The Morgan fingerprint density at radius 1 is 1.16 bits per heavy atom. The van der Waals surface area contributed by atoms with Gasteiger partial charge in [-0.1, -0.05) is 29.8 Å². The van der Waals surface area contributed by atoms with Gasteiger partial charge in [0.2, 0.25) is 0 Å². The van der Waals surface area contributed by atoms with Gasteiger partial charge >= 0.3 is 0 Å². The van der Waals surface area contributed by atoms with Crippen LogP contribution < -0.4 is 5.73 Å². The Labute approximate surface area is 115 Å². The van der Waals surface area contributed by atoms with Gasteiger partial charge in [0, 0.05) is 18.8 Å². The minimum atomic E-state index is 0.0969. The minimum Gasteiger partial charge on any atom is -0.324 e. The van der Waals surface area contributed by atoms with Crippen molar-refractivity contribution in [1.82, 2.24) is 9.78 Å². The average Bonchev–Trinajstić information content (AvgIpc) is 2.62. The average molecular weight is 257 g/mol. The summed E-state index contributed by atoms with van der Waals surface area (Å²) in [4.78, 5) is 0. The van der Waals surface area contributed by atoms with E-state index in [-0.39, 0.29) is 6.04 Å². The second-order valence-corrected chi connectivity index (χ2v) is 5.33. The smallest absolute Gasteiger partial charge is 0.0628 e. The normalized spacial score (nSPS) is 12.7. The summed E-state index contributed by atoms with van der Waals surface area (Å²) in [7, 11) is 1.99. The lowest BCUT2D eigenvalue weighted by Gasteiger charge is -2.12. The Morgan fingerprint density at radius 2 is 1.79 bits per heavy atom. The third-order valence-corrected chi connectivity index (χ3v) is 3.87. The summed E-state index contributed by atoms with van der Waals surface area (Å²) in [5, 5.41) is 4.45. The zero-order valence-corrected chi connectivity index (χ0v) is 12.3. The van der Waals surface area contributed by atoms with Crippen molar-refractivity contribution in [2.45, 2.75) is 39.7 Å². The van der Waals surface area contributed by atoms with Crippen LogP contribution >= 0.6 is 0 Å². The van der Waals surface area contributed by atoms with Crippen molar-refractivity contribution in [2.24, 2.45) is 12.8 Å². The standard InChI is InChI=1S/C16H23N3/c1-11-5-7-14(8-6-11)16(17)10-9-15-12(2)18-19(4)13(15)3/h5-8,16H,9-10,17H2,1-4H3. The van der Waals surface area contributed by atoms with Crippen molar-refractivity contribution in [1.29, 1.82) is 0 Å². The molecule has 0 aliphatic carbocycles. The molecule has 0 aliphatic heterocycles. The number of hydrogen-bond donors (Lipinski definition) is 1. The fourth-order valence-electron chi connectivity index (χ4n) is 2.46. The number of nitrogens with zero attached hydrogens (tertiary/aromatic N) is 2. The first-order valence-corrected chi connectivity index (χ1v) is 6.80. The summed E-state index contributed by atoms with van der Waals surface area (Å²) in [5.74, 6) is 0. The van der Waals surface area contributed by atoms with Crippen LogP contribution in [0.1, 0.15) is 40.5 Å². The fourth-order valence-corrected chi connectivity index (χ4v) is 2.46. The largest absolute Gasteiger partial charge is 0.324 e. The molecule has 0 amide bonds. The molecular formula is C16H23N3. The highest BCUT2D eigenvalue weighted by molar-refractivity contribution is 5.27. The van der Waals surface area contributed by atoms with Gasteiger partial charge in [0.1, 0.15) is 0 Å². The zero-order chi connectivity index (χ0) is 14.0. The monoisotopic (exact) mass is 257 g/mol. The minimum absolute atomic E-state index is 0.0969. The zero-order valence-electron chi connectivity index (χ0n) is 12.3. The molecular weight excluding hydrogens is 234 g/mol. The molecule has 0 bridgehead atoms. The molecule has 2 rings (SSSR count). The van der Waals surface area contributed by atoms with Crippen LogP contribution in [-0.2, 0) is 13.5 Å². The van der Waals surface area contributed by atoms with E-state index in [4.69, 9.17) is 5.73 Å². The topological polar surface area (TPSA) is 43.8 Å². The van der Waals surface area contributed by atoms with E-state index in [0.717, 1.165) is 18.5 Å². The van der Waals surface area contributed by atoms with Gasteiger partial charge in [0.25, 0.3) is 0 Å². The van der Waals surface area contributed by atoms with Crippen molar-refractivity contribution in [3.8, 4) is 0 Å². The van der Waals surface area contributed by atoms with E-state index in [2.05, 4.69) is 50.1 Å². The number of nitrogens with two attached hydrogens (primary N) is 1. The van der Waals surface area contributed by atoms with E-state index in [1.165, 1.54) is 22.4 Å². The number of aryl methyl sites for hydroxylation is 3. The van der Waals surface area contributed by atoms with Crippen molar-refractivity contribution in [3.63, 3.8) is 0 Å². The van der Waals surface area contributed by atoms with Gasteiger partial charge in [0.05, 0.1) is 5.69 Å². The molecule has 102 valence electrons. The van der Waals surface area contributed by atoms with Crippen LogP contribution in [0.5, 0.6) is 0 Å². The maximum absolute atomic E-state index is 6.27. The summed E-state index contributed by atoms with van der Waals surface area (Å²) < 4.78 is 1.95. The summed E-state index contributed by atoms with van der Waals surface area (Å²) >= 11 is 0. The van der Waals surface area contributed by atoms with Crippen LogP contribution in [0.3, 0.4) is 0 Å². The van der Waals surface area contributed by atoms with Crippen LogP contribution in [0.15, 0.2) is 24.3 Å². The second kappa shape index (κ2) is 5.57. The van der Waals surface area contributed by atoms with E-state index in [0.29, 0.717) is 0 Å². The molecule has 1 aromatic heterocycles. The molecule has 3 nitrogen and oxygen atoms in total. The Bertz CT molecular complexity index is 552. The van der Waals surface area contributed by atoms with Gasteiger partial charge in [-0.25, -0.2) is 0 Å². The Balaban J connectivity index is 2.04. The molecule has 3 heteroatoms. The maximum Gasteiger partial charge on any atom is 0.0628 e. The molecule has 0 radical (unpaired) electrons. The highest BCUT2D eigenvalue weighted by Crippen LogP contribution is 2.20. The third-order valence-electron chi connectivity index (χ3n) is 3.87. The highest BCUT2D eigenvalue weighted by Gasteiger charge is 2.12. The van der Waals surface area contributed by atoms with Crippen LogP contribution in [-0.4, -0.2) is 9.78 Å². The SMILES string of the molecule is Cc1ccc(C(N)CCc2c(C)nn(C)c2C)cc1. The summed E-state index contributed by atoms with van der Waals surface area (Å²) in [6.07, 6.45) is 1.94. The van der Waals surface area contributed by atoms with Crippen molar-refractivity contribution in [3.05, 3.63) is 52.3 Å². The van der Waals surface area contributed by atoms with E-state index < -0.39 is 0 Å². The van der Waals surface area contributed by atoms with Crippen molar-refractivity contribution < 1.29 is 0 Å². The number of rotatable bonds is 4. The van der Waals surface area contributed by atoms with E-state index in [1.54, 1.807) is 0 Å². The molecule has 0 aliphatic rings. The lowest BCUT2D eigenvalue weighted by molar-refractivity contribution is 0.647. The first-order valence-electron chi connectivity index (χ1n) is 6.80. The molecule has 2 aromatic rings. The lowest BCUT2D eigenvalue weighted by Crippen LogP contribution is -2.11. The van der Waals surface area contributed by atoms with Gasteiger partial charge in [-0.15, -0.1) is 0 Å². The number of aromatic nitrogens is 2. The molecule has 1 heterocycles. The molecule has 1 atom stereocenters. The fraction of sp³-hybridized carbons (Fsp3) is 0.438. The molecule has 1 aromatic carbocycles. The molecule has 0 spiro atoms. The summed E-state index contributed by atoms with van der Waals surface area (Å²) in [5.41, 5.74) is 12.5. The van der Waals surface area contributed by atoms with Crippen LogP contribution in [0, 0.1) is 20.8 Å². The Morgan fingerprint density at radius 3 is 2.32 bits per heavy atom. The first-order chi connectivity index (χ1) is 8.99. The molecule has 0 saturated heterocycles. The molecule has 19 heavy (non-hydrogen) atoms. The summed E-state index contributed by atoms with van der Waals surface area (Å²) in [6, 6.07) is 8.59. The van der Waals surface area contributed by atoms with Crippen LogP contribution in [0.4, 0.5) is 0 Å². The third kappa shape index (κ3) is 3.04. The van der Waals surface area contributed by atoms with E-state index in [9.17, 15) is 0 Å². The van der Waals surface area contributed by atoms with Gasteiger partial charge in [-0.05, 0) is 44.7 Å². The lowest BCUT2D eigenvalue weighted by atomic mass is 9.98. The highest BCUT2D eigenvalue weighted by atomic mass is 15.3. The molecule has 0 fully saturated rings. The predicted octanol–water partition coefficient (Wildman–Crippen LogP) is 2.98. The molecule has 2 N–H and O–H groups in total. The van der Waals surface area contributed by atoms with Crippen LogP contribution in [0.25, 0.3) is 0 Å².